The first-order valence-corrected chi connectivity index (χ1v) is 8.39. The van der Waals surface area contributed by atoms with Gasteiger partial charge in [0, 0.05) is 19.3 Å². The van der Waals surface area contributed by atoms with E-state index in [4.69, 9.17) is 0 Å². The molecule has 0 unspecified atom stereocenters. The number of nitrogens with one attached hydrogen (secondary N) is 2. The van der Waals surface area contributed by atoms with Crippen LogP contribution in [0.25, 0.3) is 5.52 Å². The Morgan fingerprint density at radius 3 is 2.58 bits per heavy atom. The van der Waals surface area contributed by atoms with Crippen LogP contribution in [-0.4, -0.2) is 34.3 Å². The van der Waals surface area contributed by atoms with Gasteiger partial charge in [0.25, 0.3) is 11.8 Å². The number of carbonyl (C=O) groups is 2. The number of carbonyl (C=O) groups excluding carboxylic acids is 2. The van der Waals surface area contributed by atoms with Crippen LogP contribution < -0.4 is 10.6 Å². The lowest BCUT2D eigenvalue weighted by Gasteiger charge is -2.04. The summed E-state index contributed by atoms with van der Waals surface area (Å²) in [6.07, 6.45) is 4.04. The molecule has 2 aromatic heterocycles. The van der Waals surface area contributed by atoms with E-state index in [-0.39, 0.29) is 23.3 Å². The van der Waals surface area contributed by atoms with Crippen molar-refractivity contribution < 1.29 is 9.59 Å². The van der Waals surface area contributed by atoms with Gasteiger partial charge in [-0.1, -0.05) is 42.5 Å². The van der Waals surface area contributed by atoms with E-state index in [1.54, 1.807) is 34.9 Å². The summed E-state index contributed by atoms with van der Waals surface area (Å²) in [6, 6.07) is 15.3. The van der Waals surface area contributed by atoms with Crippen LogP contribution in [0.1, 0.15) is 26.7 Å². The van der Waals surface area contributed by atoms with Crippen molar-refractivity contribution in [3.63, 3.8) is 0 Å². The maximum atomic E-state index is 12.6. The standard InChI is InChI=1S/C20H20N4O2/c1-2-12-21-19(25)17-16-10-6-7-14-24(16)18(23-17)20(26)22-13-11-15-8-4-3-5-9-15/h2-10,14H,1,11-13H2,(H,21,25)(H,22,26). The molecule has 2 amide bonds. The molecule has 0 saturated heterocycles. The van der Waals surface area contributed by atoms with Gasteiger partial charge in [0.15, 0.2) is 5.69 Å². The zero-order valence-electron chi connectivity index (χ0n) is 14.3. The summed E-state index contributed by atoms with van der Waals surface area (Å²) >= 11 is 0. The number of benzene rings is 1. The van der Waals surface area contributed by atoms with Gasteiger partial charge in [0.1, 0.15) is 0 Å². The minimum absolute atomic E-state index is 0.192. The van der Waals surface area contributed by atoms with Crippen LogP contribution in [0.3, 0.4) is 0 Å². The third-order valence-corrected chi connectivity index (χ3v) is 3.92. The summed E-state index contributed by atoms with van der Waals surface area (Å²) in [7, 11) is 0. The molecule has 0 spiro atoms. The average molecular weight is 348 g/mol. The molecule has 3 rings (SSSR count). The summed E-state index contributed by atoms with van der Waals surface area (Å²) in [4.78, 5) is 29.1. The monoisotopic (exact) mass is 348 g/mol. The quantitative estimate of drug-likeness (QED) is 0.643. The molecule has 1 aromatic carbocycles. The Hall–Kier alpha value is -3.41. The number of pyridine rings is 1. The van der Waals surface area contributed by atoms with Gasteiger partial charge in [0.2, 0.25) is 5.82 Å². The lowest BCUT2D eigenvalue weighted by molar-refractivity contribution is 0.0943. The highest BCUT2D eigenvalue weighted by molar-refractivity contribution is 6.02. The van der Waals surface area contributed by atoms with Gasteiger partial charge < -0.3 is 10.6 Å². The second kappa shape index (κ2) is 8.11. The third-order valence-electron chi connectivity index (χ3n) is 3.92. The molecule has 132 valence electrons. The topological polar surface area (TPSA) is 75.5 Å². The Kier molecular flexibility index (Phi) is 5.43. The first-order chi connectivity index (χ1) is 12.7. The van der Waals surface area contributed by atoms with Crippen molar-refractivity contribution in [1.82, 2.24) is 20.0 Å². The molecule has 6 heteroatoms. The van der Waals surface area contributed by atoms with Crippen molar-refractivity contribution in [2.24, 2.45) is 0 Å². The van der Waals surface area contributed by atoms with Crippen molar-refractivity contribution in [2.45, 2.75) is 6.42 Å². The van der Waals surface area contributed by atoms with Gasteiger partial charge in [0.05, 0.1) is 5.52 Å². The van der Waals surface area contributed by atoms with E-state index in [9.17, 15) is 9.59 Å². The fourth-order valence-corrected chi connectivity index (χ4v) is 2.66. The molecule has 6 nitrogen and oxygen atoms in total. The number of nitrogens with zero attached hydrogens (tertiary/aromatic N) is 2. The second-order valence-electron chi connectivity index (χ2n) is 5.73. The molecule has 0 saturated carbocycles. The van der Waals surface area contributed by atoms with Crippen molar-refractivity contribution in [3.8, 4) is 0 Å². The number of fused-ring (bicyclic) bond motifs is 1. The molecule has 26 heavy (non-hydrogen) atoms. The average Bonchev–Trinajstić information content (AvgIpc) is 3.07. The Morgan fingerprint density at radius 1 is 1.04 bits per heavy atom. The van der Waals surface area contributed by atoms with E-state index in [1.165, 1.54) is 0 Å². The number of amides is 2. The van der Waals surface area contributed by atoms with Crippen molar-refractivity contribution in [1.29, 1.82) is 0 Å². The zero-order chi connectivity index (χ0) is 18.4. The first-order valence-electron chi connectivity index (χ1n) is 8.39. The molecule has 3 aromatic rings. The molecule has 0 fully saturated rings. The molecule has 2 N–H and O–H groups in total. The molecule has 0 aliphatic heterocycles. The lowest BCUT2D eigenvalue weighted by atomic mass is 10.1. The molecule has 0 aliphatic rings. The summed E-state index contributed by atoms with van der Waals surface area (Å²) < 4.78 is 1.63. The predicted molar refractivity (Wildman–Crippen MR) is 100 cm³/mol. The largest absolute Gasteiger partial charge is 0.349 e. The maximum Gasteiger partial charge on any atom is 0.287 e. The Bertz CT molecular complexity index is 931. The first kappa shape index (κ1) is 17.4. The van der Waals surface area contributed by atoms with Crippen LogP contribution in [0.4, 0.5) is 0 Å². The van der Waals surface area contributed by atoms with Crippen LogP contribution in [0, 0.1) is 0 Å². The fraction of sp³-hybridized carbons (Fsp3) is 0.150. The molecule has 0 atom stereocenters. The molecule has 0 aliphatic carbocycles. The summed E-state index contributed by atoms with van der Waals surface area (Å²) in [6.45, 7) is 4.40. The van der Waals surface area contributed by atoms with Crippen LogP contribution in [-0.2, 0) is 6.42 Å². The molecule has 2 heterocycles. The number of rotatable bonds is 7. The lowest BCUT2D eigenvalue weighted by Crippen LogP contribution is -2.28. The Labute approximate surface area is 151 Å². The van der Waals surface area contributed by atoms with Crippen LogP contribution in [0.2, 0.25) is 0 Å². The normalized spacial score (nSPS) is 10.5. The SMILES string of the molecule is C=CCNC(=O)c1nc(C(=O)NCCc2ccccc2)n2ccccc12. The van der Waals surface area contributed by atoms with Crippen LogP contribution in [0.5, 0.6) is 0 Å². The Balaban J connectivity index is 1.77. The summed E-state index contributed by atoms with van der Waals surface area (Å²) in [5, 5.41) is 5.56. The summed E-state index contributed by atoms with van der Waals surface area (Å²) in [5.41, 5.74) is 1.95. The van der Waals surface area contributed by atoms with E-state index in [2.05, 4.69) is 22.2 Å². The van der Waals surface area contributed by atoms with Gasteiger partial charge in [-0.05, 0) is 24.1 Å². The van der Waals surface area contributed by atoms with Gasteiger partial charge >= 0.3 is 0 Å². The third kappa shape index (κ3) is 3.80. The minimum atomic E-state index is -0.336. The van der Waals surface area contributed by atoms with Crippen molar-refractivity contribution in [3.05, 3.63) is 84.5 Å². The second-order valence-corrected chi connectivity index (χ2v) is 5.73. The van der Waals surface area contributed by atoms with Gasteiger partial charge in [-0.15, -0.1) is 6.58 Å². The Morgan fingerprint density at radius 2 is 1.81 bits per heavy atom. The summed E-state index contributed by atoms with van der Waals surface area (Å²) in [5.74, 6) is -0.459. The van der Waals surface area contributed by atoms with E-state index in [1.807, 2.05) is 30.3 Å². The fourth-order valence-electron chi connectivity index (χ4n) is 2.66. The van der Waals surface area contributed by atoms with Crippen molar-refractivity contribution in [2.75, 3.05) is 13.1 Å². The number of hydrogen-bond acceptors (Lipinski definition) is 3. The minimum Gasteiger partial charge on any atom is -0.349 e. The molecular weight excluding hydrogens is 328 g/mol. The van der Waals surface area contributed by atoms with Gasteiger partial charge in [-0.25, -0.2) is 4.98 Å². The van der Waals surface area contributed by atoms with Crippen LogP contribution >= 0.6 is 0 Å². The van der Waals surface area contributed by atoms with E-state index >= 15 is 0 Å². The molecule has 0 bridgehead atoms. The van der Waals surface area contributed by atoms with E-state index in [0.717, 1.165) is 12.0 Å². The zero-order valence-corrected chi connectivity index (χ0v) is 14.3. The highest BCUT2D eigenvalue weighted by atomic mass is 16.2. The number of hydrogen-bond donors (Lipinski definition) is 2. The number of aromatic nitrogens is 2. The molecular formula is C20H20N4O2. The number of imidazole rings is 1. The highest BCUT2D eigenvalue weighted by Crippen LogP contribution is 2.13. The van der Waals surface area contributed by atoms with Crippen LogP contribution in [0.15, 0.2) is 67.4 Å². The maximum absolute atomic E-state index is 12.6. The van der Waals surface area contributed by atoms with E-state index < -0.39 is 0 Å². The van der Waals surface area contributed by atoms with E-state index in [0.29, 0.717) is 18.6 Å². The predicted octanol–water partition coefficient (Wildman–Crippen LogP) is 2.22. The van der Waals surface area contributed by atoms with Gasteiger partial charge in [-0.3, -0.25) is 14.0 Å². The smallest absolute Gasteiger partial charge is 0.287 e. The highest BCUT2D eigenvalue weighted by Gasteiger charge is 2.20. The van der Waals surface area contributed by atoms with Crippen molar-refractivity contribution >= 4 is 17.3 Å². The molecule has 0 radical (unpaired) electrons. The van der Waals surface area contributed by atoms with Gasteiger partial charge in [-0.2, -0.15) is 0 Å².